The summed E-state index contributed by atoms with van der Waals surface area (Å²) in [4.78, 5) is 9.17. The zero-order chi connectivity index (χ0) is 13.5. The van der Waals surface area contributed by atoms with Gasteiger partial charge in [-0.1, -0.05) is 18.2 Å². The molecule has 0 aliphatic rings. The van der Waals surface area contributed by atoms with Crippen LogP contribution in [-0.4, -0.2) is 17.1 Å². The van der Waals surface area contributed by atoms with Gasteiger partial charge in [-0.15, -0.1) is 11.3 Å². The van der Waals surface area contributed by atoms with Crippen LogP contribution in [0.1, 0.15) is 0 Å². The van der Waals surface area contributed by atoms with Crippen LogP contribution in [0.3, 0.4) is 0 Å². The Kier molecular flexibility index (Phi) is 2.50. The van der Waals surface area contributed by atoms with Crippen LogP contribution in [0.25, 0.3) is 31.8 Å². The Balaban J connectivity index is 1.88. The number of thiophene rings is 1. The van der Waals surface area contributed by atoms with Crippen LogP contribution in [0, 0.1) is 0 Å². The molecule has 1 N–H and O–H groups in total. The summed E-state index contributed by atoms with van der Waals surface area (Å²) in [5.41, 5.74) is 1.95. The van der Waals surface area contributed by atoms with Gasteiger partial charge < -0.3 is 9.72 Å². The predicted octanol–water partition coefficient (Wildman–Crippen LogP) is 4.45. The molecule has 2 heterocycles. The van der Waals surface area contributed by atoms with Gasteiger partial charge in [0.1, 0.15) is 11.6 Å². The average Bonchev–Trinajstić information content (AvgIpc) is 3.09. The third-order valence-electron chi connectivity index (χ3n) is 3.35. The number of hydrogen-bond acceptors (Lipinski definition) is 3. The molecule has 0 amide bonds. The fourth-order valence-electron chi connectivity index (χ4n) is 2.33. The molecule has 0 fully saturated rings. The third kappa shape index (κ3) is 1.77. The van der Waals surface area contributed by atoms with Crippen molar-refractivity contribution in [1.29, 1.82) is 0 Å². The molecule has 0 saturated carbocycles. The Labute approximate surface area is 119 Å². The van der Waals surface area contributed by atoms with E-state index in [1.807, 2.05) is 18.2 Å². The number of hydrogen-bond donors (Lipinski definition) is 1. The molecule has 0 unspecified atom stereocenters. The van der Waals surface area contributed by atoms with Gasteiger partial charge in [-0.05, 0) is 29.7 Å². The normalized spacial score (nSPS) is 11.2. The van der Waals surface area contributed by atoms with Gasteiger partial charge in [0.05, 0.1) is 23.0 Å². The van der Waals surface area contributed by atoms with E-state index in [1.54, 1.807) is 18.4 Å². The third-order valence-corrected chi connectivity index (χ3v) is 4.47. The number of aromatic nitrogens is 2. The highest BCUT2D eigenvalue weighted by Crippen LogP contribution is 2.33. The molecule has 0 saturated heterocycles. The number of imidazole rings is 1. The van der Waals surface area contributed by atoms with Crippen molar-refractivity contribution in [3.63, 3.8) is 0 Å². The maximum Gasteiger partial charge on any atom is 0.148 e. The number of ether oxygens (including phenoxy) is 1. The second-order valence-electron chi connectivity index (χ2n) is 4.62. The molecule has 0 atom stereocenters. The quantitative estimate of drug-likeness (QED) is 0.589. The number of nitrogens with one attached hydrogen (secondary N) is 1. The van der Waals surface area contributed by atoms with E-state index in [0.717, 1.165) is 27.5 Å². The van der Waals surface area contributed by atoms with Gasteiger partial charge in [0.15, 0.2) is 0 Å². The number of methoxy groups -OCH3 is 1. The van der Waals surface area contributed by atoms with Crippen LogP contribution in [0.4, 0.5) is 0 Å². The van der Waals surface area contributed by atoms with E-state index in [4.69, 9.17) is 4.74 Å². The lowest BCUT2D eigenvalue weighted by Crippen LogP contribution is -1.81. The first kappa shape index (κ1) is 11.5. The lowest BCUT2D eigenvalue weighted by Gasteiger charge is -1.96. The SMILES string of the molecule is COc1ccc2nc(-c3cc4ccccc4s3)[nH]c2c1. The first-order valence-corrected chi connectivity index (χ1v) is 7.18. The van der Waals surface area contributed by atoms with E-state index in [2.05, 4.69) is 40.3 Å². The van der Waals surface area contributed by atoms with E-state index in [1.165, 1.54) is 10.1 Å². The summed E-state index contributed by atoms with van der Waals surface area (Å²) in [6.07, 6.45) is 0. The fraction of sp³-hybridized carbons (Fsp3) is 0.0625. The molecule has 4 heteroatoms. The van der Waals surface area contributed by atoms with Crippen molar-refractivity contribution < 1.29 is 4.74 Å². The number of H-pyrrole nitrogens is 1. The van der Waals surface area contributed by atoms with Crippen LogP contribution in [0.15, 0.2) is 48.5 Å². The minimum absolute atomic E-state index is 0.837. The van der Waals surface area contributed by atoms with Crippen molar-refractivity contribution >= 4 is 32.5 Å². The number of aromatic amines is 1. The number of rotatable bonds is 2. The summed E-state index contributed by atoms with van der Waals surface area (Å²) < 4.78 is 6.52. The molecule has 0 aliphatic heterocycles. The van der Waals surface area contributed by atoms with Gasteiger partial charge in [0.25, 0.3) is 0 Å². The molecule has 2 aromatic heterocycles. The van der Waals surface area contributed by atoms with Gasteiger partial charge in [0.2, 0.25) is 0 Å². The van der Waals surface area contributed by atoms with E-state index < -0.39 is 0 Å². The minimum atomic E-state index is 0.837. The maximum atomic E-state index is 5.24. The highest BCUT2D eigenvalue weighted by molar-refractivity contribution is 7.22. The molecule has 2 aromatic carbocycles. The average molecular weight is 280 g/mol. The van der Waals surface area contributed by atoms with Crippen LogP contribution < -0.4 is 4.74 Å². The van der Waals surface area contributed by atoms with Gasteiger partial charge >= 0.3 is 0 Å². The standard InChI is InChI=1S/C16H12N2OS/c1-19-11-6-7-12-13(9-11)18-16(17-12)15-8-10-4-2-3-5-14(10)20-15/h2-9H,1H3,(H,17,18). The smallest absolute Gasteiger partial charge is 0.148 e. The largest absolute Gasteiger partial charge is 0.497 e. The molecular weight excluding hydrogens is 268 g/mol. The van der Waals surface area contributed by atoms with Crippen molar-refractivity contribution in [2.45, 2.75) is 0 Å². The number of fused-ring (bicyclic) bond motifs is 2. The molecule has 0 aliphatic carbocycles. The van der Waals surface area contributed by atoms with Gasteiger partial charge in [0, 0.05) is 10.8 Å². The lowest BCUT2D eigenvalue weighted by atomic mass is 10.2. The highest BCUT2D eigenvalue weighted by Gasteiger charge is 2.09. The predicted molar refractivity (Wildman–Crippen MR) is 83.5 cm³/mol. The zero-order valence-electron chi connectivity index (χ0n) is 10.9. The Hall–Kier alpha value is -2.33. The maximum absolute atomic E-state index is 5.24. The molecular formula is C16H12N2OS. The first-order chi connectivity index (χ1) is 9.83. The van der Waals surface area contributed by atoms with Crippen molar-refractivity contribution in [2.75, 3.05) is 7.11 Å². The summed E-state index contributed by atoms with van der Waals surface area (Å²) in [5.74, 6) is 1.75. The van der Waals surface area contributed by atoms with E-state index in [0.29, 0.717) is 0 Å². The lowest BCUT2D eigenvalue weighted by molar-refractivity contribution is 0.415. The van der Waals surface area contributed by atoms with Gasteiger partial charge in [-0.3, -0.25) is 0 Å². The fourth-order valence-corrected chi connectivity index (χ4v) is 3.34. The molecule has 20 heavy (non-hydrogen) atoms. The van der Waals surface area contributed by atoms with Gasteiger partial charge in [-0.25, -0.2) is 4.98 Å². The minimum Gasteiger partial charge on any atom is -0.497 e. The van der Waals surface area contributed by atoms with Crippen molar-refractivity contribution in [3.8, 4) is 16.5 Å². The topological polar surface area (TPSA) is 37.9 Å². The Bertz CT molecular complexity index is 874. The summed E-state index contributed by atoms with van der Waals surface area (Å²) >= 11 is 1.75. The molecule has 4 aromatic rings. The summed E-state index contributed by atoms with van der Waals surface area (Å²) in [6, 6.07) is 16.4. The molecule has 0 spiro atoms. The van der Waals surface area contributed by atoms with Crippen molar-refractivity contribution in [3.05, 3.63) is 48.5 Å². The van der Waals surface area contributed by atoms with Crippen molar-refractivity contribution in [2.24, 2.45) is 0 Å². The van der Waals surface area contributed by atoms with E-state index in [-0.39, 0.29) is 0 Å². The molecule has 98 valence electrons. The van der Waals surface area contributed by atoms with Crippen LogP contribution in [0.2, 0.25) is 0 Å². The zero-order valence-corrected chi connectivity index (χ0v) is 11.7. The molecule has 3 nitrogen and oxygen atoms in total. The van der Waals surface area contributed by atoms with Crippen LogP contribution in [-0.2, 0) is 0 Å². The molecule has 0 radical (unpaired) electrons. The Morgan fingerprint density at radius 2 is 2.00 bits per heavy atom. The highest BCUT2D eigenvalue weighted by atomic mass is 32.1. The molecule has 4 rings (SSSR count). The monoisotopic (exact) mass is 280 g/mol. The number of nitrogens with zero attached hydrogens (tertiary/aromatic N) is 1. The molecule has 0 bridgehead atoms. The Morgan fingerprint density at radius 1 is 1.10 bits per heavy atom. The summed E-state index contributed by atoms with van der Waals surface area (Å²) in [7, 11) is 1.67. The van der Waals surface area contributed by atoms with E-state index in [9.17, 15) is 0 Å². The van der Waals surface area contributed by atoms with Crippen LogP contribution >= 0.6 is 11.3 Å². The summed E-state index contributed by atoms with van der Waals surface area (Å²) in [5, 5.41) is 1.26. The van der Waals surface area contributed by atoms with E-state index >= 15 is 0 Å². The second kappa shape index (κ2) is 4.35. The number of benzene rings is 2. The van der Waals surface area contributed by atoms with Crippen molar-refractivity contribution in [1.82, 2.24) is 9.97 Å². The van der Waals surface area contributed by atoms with Crippen LogP contribution in [0.5, 0.6) is 5.75 Å². The summed E-state index contributed by atoms with van der Waals surface area (Å²) in [6.45, 7) is 0. The Morgan fingerprint density at radius 3 is 2.85 bits per heavy atom. The van der Waals surface area contributed by atoms with Gasteiger partial charge in [-0.2, -0.15) is 0 Å². The first-order valence-electron chi connectivity index (χ1n) is 6.36. The second-order valence-corrected chi connectivity index (χ2v) is 5.70.